The third kappa shape index (κ3) is 6.25. The number of pyridine rings is 1. The topological polar surface area (TPSA) is 91.6 Å². The molecule has 1 unspecified atom stereocenters. The SMILES string of the molecule is CC(C)C(NC(=O)C1(c2ccc(F)cc2)CCN(C(=O)C2CCN(c3ccc(N)cn3)CC2)CC1)c1ccc(F)cc1. The van der Waals surface area contributed by atoms with E-state index in [0.29, 0.717) is 31.6 Å². The molecule has 9 heteroatoms. The fourth-order valence-corrected chi connectivity index (χ4v) is 6.31. The molecule has 0 spiro atoms. The van der Waals surface area contributed by atoms with Crippen LogP contribution >= 0.6 is 0 Å². The maximum atomic E-state index is 14.1. The van der Waals surface area contributed by atoms with Crippen LogP contribution in [0.15, 0.2) is 66.9 Å². The van der Waals surface area contributed by atoms with Crippen molar-refractivity contribution in [1.82, 2.24) is 15.2 Å². The van der Waals surface area contributed by atoms with Crippen LogP contribution in [0.3, 0.4) is 0 Å². The number of amides is 2. The Bertz CT molecular complexity index is 1360. The Hall–Kier alpha value is -4.01. The predicted octanol–water partition coefficient (Wildman–Crippen LogP) is 5.23. The Morgan fingerprint density at radius 1 is 0.905 bits per heavy atom. The Kier molecular flexibility index (Phi) is 8.75. The number of nitrogen functional groups attached to an aromatic ring is 1. The summed E-state index contributed by atoms with van der Waals surface area (Å²) in [6, 6.07) is 15.7. The van der Waals surface area contributed by atoms with E-state index in [1.165, 1.54) is 24.3 Å². The average Bonchev–Trinajstić information content (AvgIpc) is 3.00. The number of hydrogen-bond acceptors (Lipinski definition) is 5. The first-order valence-electron chi connectivity index (χ1n) is 14.7. The molecule has 3 heterocycles. The number of carbonyl (C=O) groups is 2. The van der Waals surface area contributed by atoms with Gasteiger partial charge in [0.1, 0.15) is 17.5 Å². The van der Waals surface area contributed by atoms with E-state index in [1.807, 2.05) is 30.9 Å². The van der Waals surface area contributed by atoms with Gasteiger partial charge in [-0.15, -0.1) is 0 Å². The van der Waals surface area contributed by atoms with Crippen LogP contribution in [0.4, 0.5) is 20.3 Å². The number of rotatable bonds is 7. The van der Waals surface area contributed by atoms with Gasteiger partial charge in [0.2, 0.25) is 11.8 Å². The van der Waals surface area contributed by atoms with Crippen LogP contribution in [-0.4, -0.2) is 47.9 Å². The maximum Gasteiger partial charge on any atom is 0.231 e. The van der Waals surface area contributed by atoms with Gasteiger partial charge in [-0.2, -0.15) is 0 Å². The van der Waals surface area contributed by atoms with Gasteiger partial charge < -0.3 is 20.9 Å². The van der Waals surface area contributed by atoms with Crippen LogP contribution in [0.1, 0.15) is 56.7 Å². The third-order valence-electron chi connectivity index (χ3n) is 8.88. The van der Waals surface area contributed by atoms with E-state index in [4.69, 9.17) is 5.73 Å². The van der Waals surface area contributed by atoms with Gasteiger partial charge in [0, 0.05) is 32.1 Å². The van der Waals surface area contributed by atoms with Crippen LogP contribution in [-0.2, 0) is 15.0 Å². The molecule has 3 N–H and O–H groups in total. The van der Waals surface area contributed by atoms with Gasteiger partial charge in [-0.25, -0.2) is 13.8 Å². The molecule has 3 aromatic rings. The fraction of sp³-hybridized carbons (Fsp3) is 0.424. The molecule has 0 radical (unpaired) electrons. The van der Waals surface area contributed by atoms with Gasteiger partial charge in [0.15, 0.2) is 0 Å². The van der Waals surface area contributed by atoms with Gasteiger partial charge in [-0.3, -0.25) is 9.59 Å². The molecule has 2 aromatic carbocycles. The molecular formula is C33H39F2N5O2. The van der Waals surface area contributed by atoms with Crippen molar-refractivity contribution in [3.63, 3.8) is 0 Å². The number of hydrogen-bond donors (Lipinski definition) is 2. The quantitative estimate of drug-likeness (QED) is 0.403. The second-order valence-electron chi connectivity index (χ2n) is 11.9. The summed E-state index contributed by atoms with van der Waals surface area (Å²) in [5.74, 6) is 0.108. The van der Waals surface area contributed by atoms with Crippen LogP contribution in [0, 0.1) is 23.5 Å². The number of halogens is 2. The largest absolute Gasteiger partial charge is 0.397 e. The maximum absolute atomic E-state index is 14.1. The van der Waals surface area contributed by atoms with Gasteiger partial charge in [0.25, 0.3) is 0 Å². The summed E-state index contributed by atoms with van der Waals surface area (Å²) in [4.78, 5) is 36.2. The summed E-state index contributed by atoms with van der Waals surface area (Å²) in [7, 11) is 0. The lowest BCUT2D eigenvalue weighted by Gasteiger charge is -2.43. The molecule has 0 bridgehead atoms. The van der Waals surface area contributed by atoms with Crippen molar-refractivity contribution in [2.75, 3.05) is 36.8 Å². The molecule has 2 amide bonds. The number of benzene rings is 2. The molecule has 2 aliphatic rings. The lowest BCUT2D eigenvalue weighted by Crippen LogP contribution is -2.55. The van der Waals surface area contributed by atoms with E-state index in [-0.39, 0.29) is 41.3 Å². The Morgan fingerprint density at radius 3 is 2.05 bits per heavy atom. The molecule has 1 atom stereocenters. The molecule has 0 aliphatic carbocycles. The predicted molar refractivity (Wildman–Crippen MR) is 160 cm³/mol. The molecule has 0 saturated carbocycles. The highest BCUT2D eigenvalue weighted by Gasteiger charge is 2.45. The number of anilines is 2. The minimum Gasteiger partial charge on any atom is -0.397 e. The van der Waals surface area contributed by atoms with E-state index >= 15 is 0 Å². The summed E-state index contributed by atoms with van der Waals surface area (Å²) >= 11 is 0. The first-order valence-corrected chi connectivity index (χ1v) is 14.7. The van der Waals surface area contributed by atoms with E-state index in [9.17, 15) is 18.4 Å². The van der Waals surface area contributed by atoms with Crippen LogP contribution in [0.2, 0.25) is 0 Å². The van der Waals surface area contributed by atoms with Crippen LogP contribution in [0.5, 0.6) is 0 Å². The average molecular weight is 576 g/mol. The van der Waals surface area contributed by atoms with Crippen molar-refractivity contribution in [2.45, 2.75) is 51.0 Å². The van der Waals surface area contributed by atoms with Crippen molar-refractivity contribution >= 4 is 23.3 Å². The highest BCUT2D eigenvalue weighted by atomic mass is 19.1. The van der Waals surface area contributed by atoms with Crippen LogP contribution < -0.4 is 16.0 Å². The summed E-state index contributed by atoms with van der Waals surface area (Å²) < 4.78 is 27.5. The first kappa shape index (κ1) is 29.5. The van der Waals surface area contributed by atoms with E-state index in [2.05, 4.69) is 15.2 Å². The number of carbonyl (C=O) groups excluding carboxylic acids is 2. The normalized spacial score (nSPS) is 18.1. The number of likely N-dealkylation sites (tertiary alicyclic amines) is 1. The molecular weight excluding hydrogens is 536 g/mol. The Balaban J connectivity index is 1.28. The first-order chi connectivity index (χ1) is 20.2. The van der Waals surface area contributed by atoms with Crippen molar-refractivity contribution < 1.29 is 18.4 Å². The summed E-state index contributed by atoms with van der Waals surface area (Å²) in [6.45, 7) is 6.37. The zero-order chi connectivity index (χ0) is 29.9. The zero-order valence-corrected chi connectivity index (χ0v) is 24.2. The summed E-state index contributed by atoms with van der Waals surface area (Å²) in [5.41, 5.74) is 7.03. The fourth-order valence-electron chi connectivity index (χ4n) is 6.31. The number of nitrogens with two attached hydrogens (primary N) is 1. The van der Waals surface area contributed by atoms with Gasteiger partial charge in [-0.1, -0.05) is 38.1 Å². The molecule has 2 fully saturated rings. The second-order valence-corrected chi connectivity index (χ2v) is 11.9. The Labute approximate surface area is 246 Å². The number of nitrogens with one attached hydrogen (secondary N) is 1. The Morgan fingerprint density at radius 2 is 1.50 bits per heavy atom. The van der Waals surface area contributed by atoms with Gasteiger partial charge in [0.05, 0.1) is 23.3 Å². The molecule has 2 saturated heterocycles. The van der Waals surface area contributed by atoms with Crippen molar-refractivity contribution in [3.05, 3.63) is 89.6 Å². The molecule has 42 heavy (non-hydrogen) atoms. The number of aromatic nitrogens is 1. The highest BCUT2D eigenvalue weighted by Crippen LogP contribution is 2.38. The van der Waals surface area contributed by atoms with Gasteiger partial charge in [-0.05, 0) is 79.1 Å². The minimum atomic E-state index is -0.915. The van der Waals surface area contributed by atoms with Gasteiger partial charge >= 0.3 is 0 Å². The summed E-state index contributed by atoms with van der Waals surface area (Å²) in [5, 5.41) is 3.23. The van der Waals surface area contributed by atoms with E-state index in [1.54, 1.807) is 30.5 Å². The van der Waals surface area contributed by atoms with Crippen LogP contribution in [0.25, 0.3) is 0 Å². The second kappa shape index (κ2) is 12.5. The molecule has 2 aliphatic heterocycles. The highest BCUT2D eigenvalue weighted by molar-refractivity contribution is 5.89. The third-order valence-corrected chi connectivity index (χ3v) is 8.88. The van der Waals surface area contributed by atoms with Crippen molar-refractivity contribution in [1.29, 1.82) is 0 Å². The minimum absolute atomic E-state index is 0.0562. The zero-order valence-electron chi connectivity index (χ0n) is 24.2. The lowest BCUT2D eigenvalue weighted by molar-refractivity contribution is -0.141. The molecule has 1 aromatic heterocycles. The smallest absolute Gasteiger partial charge is 0.231 e. The van der Waals surface area contributed by atoms with Crippen molar-refractivity contribution in [3.8, 4) is 0 Å². The van der Waals surface area contributed by atoms with E-state index < -0.39 is 5.41 Å². The monoisotopic (exact) mass is 575 g/mol. The number of piperidine rings is 2. The molecule has 5 rings (SSSR count). The van der Waals surface area contributed by atoms with Crippen molar-refractivity contribution in [2.24, 2.45) is 11.8 Å². The lowest BCUT2D eigenvalue weighted by atomic mass is 9.71. The van der Waals surface area contributed by atoms with E-state index in [0.717, 1.165) is 42.9 Å². The summed E-state index contributed by atoms with van der Waals surface area (Å²) in [6.07, 6.45) is 3.97. The number of nitrogens with zero attached hydrogens (tertiary/aromatic N) is 3. The standard InChI is InChI=1S/C33H39F2N5O2/c1-22(2)30(23-3-7-26(34)8-4-23)38-32(42)33(25-5-9-27(35)10-6-25)15-19-40(20-16-33)31(41)24-13-17-39(18-14-24)29-12-11-28(36)21-37-29/h3-12,21-22,24,30H,13-20,36H2,1-2H3,(H,38,42). The molecule has 222 valence electrons. The molecule has 7 nitrogen and oxygen atoms in total.